The maximum atomic E-state index is 14.3. The summed E-state index contributed by atoms with van der Waals surface area (Å²) in [5.41, 5.74) is -1.16. The summed E-state index contributed by atoms with van der Waals surface area (Å²) in [5, 5.41) is 15.7. The van der Waals surface area contributed by atoms with Gasteiger partial charge in [-0.3, -0.25) is 20.5 Å². The molecule has 1 atom stereocenters. The molecular weight excluding hydrogens is 514 g/mol. The molecule has 0 spiro atoms. The van der Waals surface area contributed by atoms with Crippen LogP contribution in [0.25, 0.3) is 0 Å². The summed E-state index contributed by atoms with van der Waals surface area (Å²) in [4.78, 5) is 18.0. The quantitative estimate of drug-likeness (QED) is 0.292. The third-order valence-electron chi connectivity index (χ3n) is 7.97. The Labute approximate surface area is 224 Å². The number of amidine groups is 1. The van der Waals surface area contributed by atoms with Crippen molar-refractivity contribution in [2.24, 2.45) is 0 Å². The van der Waals surface area contributed by atoms with Crippen LogP contribution < -0.4 is 4.90 Å². The van der Waals surface area contributed by atoms with Gasteiger partial charge in [0.25, 0.3) is 5.91 Å². The predicted octanol–water partition coefficient (Wildman–Crippen LogP) is 4.97. The summed E-state index contributed by atoms with van der Waals surface area (Å²) in [5.74, 6) is -0.279. The highest BCUT2D eigenvalue weighted by Gasteiger charge is 2.44. The van der Waals surface area contributed by atoms with Crippen LogP contribution >= 0.6 is 0 Å². The molecule has 1 amide bonds. The Morgan fingerprint density at radius 3 is 2.56 bits per heavy atom. The minimum Gasteiger partial charge on any atom is -0.379 e. The van der Waals surface area contributed by atoms with Crippen molar-refractivity contribution in [1.29, 1.82) is 10.8 Å². The Kier molecular flexibility index (Phi) is 6.79. The van der Waals surface area contributed by atoms with Gasteiger partial charge < -0.3 is 14.5 Å². The first-order valence-electron chi connectivity index (χ1n) is 12.8. The van der Waals surface area contributed by atoms with Crippen LogP contribution in [0, 0.1) is 10.8 Å². The summed E-state index contributed by atoms with van der Waals surface area (Å²) in [6.45, 7) is 2.70. The number of halogens is 4. The lowest BCUT2D eigenvalue weighted by atomic mass is 9.75. The number of hydrogen-bond donors (Lipinski definition) is 2. The van der Waals surface area contributed by atoms with Crippen LogP contribution in [0.2, 0.25) is 0 Å². The van der Waals surface area contributed by atoms with E-state index in [0.29, 0.717) is 43.9 Å². The van der Waals surface area contributed by atoms with Gasteiger partial charge in [0, 0.05) is 49.8 Å². The predicted molar refractivity (Wildman–Crippen MR) is 139 cm³/mol. The van der Waals surface area contributed by atoms with Crippen molar-refractivity contribution in [2.45, 2.75) is 50.1 Å². The first-order chi connectivity index (χ1) is 18.3. The molecule has 0 aliphatic carbocycles. The number of amides is 1. The summed E-state index contributed by atoms with van der Waals surface area (Å²) >= 11 is 0. The molecule has 3 heterocycles. The fourth-order valence-electron chi connectivity index (χ4n) is 5.68. The van der Waals surface area contributed by atoms with E-state index >= 15 is 0 Å². The molecule has 1 unspecified atom stereocenters. The van der Waals surface area contributed by atoms with Crippen molar-refractivity contribution in [3.05, 3.63) is 64.2 Å². The van der Waals surface area contributed by atoms with Crippen LogP contribution in [0.15, 0.2) is 36.4 Å². The maximum Gasteiger partial charge on any atom is 0.416 e. The van der Waals surface area contributed by atoms with Crippen molar-refractivity contribution in [3.8, 4) is 0 Å². The fraction of sp³-hybridized carbons (Fsp3) is 0.464. The van der Waals surface area contributed by atoms with Gasteiger partial charge in [0.05, 0.1) is 31.7 Å². The number of anilines is 1. The van der Waals surface area contributed by atoms with E-state index in [1.807, 2.05) is 6.07 Å². The molecule has 2 fully saturated rings. The van der Waals surface area contributed by atoms with E-state index in [4.69, 9.17) is 15.6 Å². The van der Waals surface area contributed by atoms with Crippen molar-refractivity contribution in [3.63, 3.8) is 0 Å². The van der Waals surface area contributed by atoms with Gasteiger partial charge in [0.2, 0.25) is 0 Å². The molecule has 2 saturated heterocycles. The largest absolute Gasteiger partial charge is 0.416 e. The molecule has 0 radical (unpaired) electrons. The highest BCUT2D eigenvalue weighted by molar-refractivity contribution is 6.10. The highest BCUT2D eigenvalue weighted by Crippen LogP contribution is 2.42. The number of alkyl halides is 4. The smallest absolute Gasteiger partial charge is 0.379 e. The zero-order valence-corrected chi connectivity index (χ0v) is 21.9. The average molecular weight is 546 g/mol. The molecule has 2 N–H and O–H groups in total. The van der Waals surface area contributed by atoms with E-state index in [1.54, 1.807) is 30.1 Å². The standard InChI is InChI=1S/C28H31F4N5O2/c1-26(29)6-7-36(14-26)12-18-8-21-22(23(9-18)28(30,31)32)13-37(25(21)38)20-5-3-4-19(10-20)27(15-39-16-27)11-24(34)35(2)17-33/h3-5,8-10,17,33-34H,6-7,11-16H2,1-2H3. The number of ether oxygens (including phenoxy) is 1. The van der Waals surface area contributed by atoms with Crippen molar-refractivity contribution < 1.29 is 27.1 Å². The van der Waals surface area contributed by atoms with Gasteiger partial charge in [-0.1, -0.05) is 12.1 Å². The number of hydrogen-bond acceptors (Lipinski definition) is 5. The Morgan fingerprint density at radius 1 is 1.23 bits per heavy atom. The third kappa shape index (κ3) is 5.17. The second-order valence-electron chi connectivity index (χ2n) is 11.1. The number of likely N-dealkylation sites (tertiary alicyclic amines) is 1. The molecule has 5 rings (SSSR count). The molecule has 208 valence electrons. The van der Waals surface area contributed by atoms with Gasteiger partial charge in [-0.2, -0.15) is 13.2 Å². The van der Waals surface area contributed by atoms with E-state index in [9.17, 15) is 22.4 Å². The summed E-state index contributed by atoms with van der Waals surface area (Å²) in [7, 11) is 1.62. The number of fused-ring (bicyclic) bond motifs is 1. The lowest BCUT2D eigenvalue weighted by Crippen LogP contribution is -2.49. The van der Waals surface area contributed by atoms with E-state index in [0.717, 1.165) is 18.0 Å². The molecule has 0 saturated carbocycles. The van der Waals surface area contributed by atoms with Gasteiger partial charge in [0.15, 0.2) is 0 Å². The Hall–Kier alpha value is -3.31. The monoisotopic (exact) mass is 545 g/mol. The molecular formula is C28H31F4N5O2. The molecule has 3 aliphatic rings. The lowest BCUT2D eigenvalue weighted by molar-refractivity contribution is -0.138. The van der Waals surface area contributed by atoms with Crippen LogP contribution in [0.3, 0.4) is 0 Å². The number of nitrogens with one attached hydrogen (secondary N) is 2. The number of carbonyl (C=O) groups is 1. The molecule has 7 nitrogen and oxygen atoms in total. The van der Waals surface area contributed by atoms with Crippen molar-refractivity contribution >= 4 is 23.8 Å². The van der Waals surface area contributed by atoms with E-state index in [2.05, 4.69) is 0 Å². The van der Waals surface area contributed by atoms with Crippen LogP contribution in [-0.2, 0) is 29.4 Å². The molecule has 39 heavy (non-hydrogen) atoms. The fourth-order valence-corrected chi connectivity index (χ4v) is 5.68. The normalized spacial score (nSPS) is 22.5. The van der Waals surface area contributed by atoms with Gasteiger partial charge in [-0.15, -0.1) is 0 Å². The number of rotatable bonds is 7. The molecule has 3 aliphatic heterocycles. The van der Waals surface area contributed by atoms with E-state index < -0.39 is 28.7 Å². The minimum absolute atomic E-state index is 0.0171. The Morgan fingerprint density at radius 2 is 1.97 bits per heavy atom. The molecule has 2 aromatic rings. The number of carbonyl (C=O) groups excluding carboxylic acids is 1. The van der Waals surface area contributed by atoms with Crippen molar-refractivity contribution in [2.75, 3.05) is 38.3 Å². The topological polar surface area (TPSA) is 83.7 Å². The molecule has 0 aromatic heterocycles. The Bertz CT molecular complexity index is 1320. The summed E-state index contributed by atoms with van der Waals surface area (Å²) in [6.07, 6.45) is -2.96. The molecule has 0 bridgehead atoms. The second-order valence-corrected chi connectivity index (χ2v) is 11.1. The molecule has 2 aromatic carbocycles. The number of nitrogens with zero attached hydrogens (tertiary/aromatic N) is 3. The third-order valence-corrected chi connectivity index (χ3v) is 7.97. The molecule has 11 heteroatoms. The summed E-state index contributed by atoms with van der Waals surface area (Å²) in [6, 6.07) is 9.70. The van der Waals surface area contributed by atoms with Crippen molar-refractivity contribution in [1.82, 2.24) is 9.80 Å². The second kappa shape index (κ2) is 9.71. The minimum atomic E-state index is -4.65. The van der Waals surface area contributed by atoms with Gasteiger partial charge in [0.1, 0.15) is 11.5 Å². The lowest BCUT2D eigenvalue weighted by Gasteiger charge is -2.43. The maximum absolute atomic E-state index is 14.3. The van der Waals surface area contributed by atoms with Gasteiger partial charge in [-0.05, 0) is 54.3 Å². The first kappa shape index (κ1) is 27.3. The van der Waals surface area contributed by atoms with Gasteiger partial charge in [-0.25, -0.2) is 4.39 Å². The number of benzene rings is 2. The van der Waals surface area contributed by atoms with Gasteiger partial charge >= 0.3 is 6.18 Å². The highest BCUT2D eigenvalue weighted by atomic mass is 19.4. The first-order valence-corrected chi connectivity index (χ1v) is 12.8. The average Bonchev–Trinajstić information content (AvgIpc) is 3.37. The Balaban J connectivity index is 1.45. The van der Waals surface area contributed by atoms with E-state index in [-0.39, 0.29) is 36.6 Å². The van der Waals surface area contributed by atoms with Crippen LogP contribution in [-0.4, -0.2) is 66.9 Å². The van der Waals surface area contributed by atoms with Crippen LogP contribution in [0.4, 0.5) is 23.2 Å². The SMILES string of the molecule is CN(C=N)C(=N)CC1(c2cccc(N3Cc4c(cc(CN5CCC(C)(F)C5)cc4C(F)(F)F)C3=O)c2)COC1. The van der Waals surface area contributed by atoms with E-state index in [1.165, 1.54) is 22.8 Å². The zero-order valence-electron chi connectivity index (χ0n) is 21.9. The van der Waals surface area contributed by atoms with Crippen LogP contribution in [0.1, 0.15) is 52.4 Å². The zero-order chi connectivity index (χ0) is 28.2. The van der Waals surface area contributed by atoms with Crippen LogP contribution in [0.5, 0.6) is 0 Å². The summed E-state index contributed by atoms with van der Waals surface area (Å²) < 4.78 is 62.2.